The van der Waals surface area contributed by atoms with E-state index in [0.29, 0.717) is 6.61 Å². The molecule has 96 valence electrons. The van der Waals surface area contributed by atoms with Crippen molar-refractivity contribution in [2.45, 2.75) is 20.0 Å². The van der Waals surface area contributed by atoms with Crippen LogP contribution in [0.4, 0.5) is 5.82 Å². The van der Waals surface area contributed by atoms with Gasteiger partial charge in [0, 0.05) is 29.6 Å². The average Bonchev–Trinajstić information content (AvgIpc) is 2.90. The van der Waals surface area contributed by atoms with Crippen LogP contribution < -0.4 is 5.32 Å². The van der Waals surface area contributed by atoms with Gasteiger partial charge in [0.15, 0.2) is 0 Å². The van der Waals surface area contributed by atoms with Crippen molar-refractivity contribution >= 4 is 17.2 Å². The fraction of sp³-hybridized carbons (Fsp3) is 0.357. The molecule has 0 aromatic carbocycles. The van der Waals surface area contributed by atoms with Crippen molar-refractivity contribution in [2.75, 3.05) is 18.5 Å². The molecule has 0 bridgehead atoms. The second kappa shape index (κ2) is 7.13. The molecule has 2 rings (SSSR count). The third-order valence-electron chi connectivity index (χ3n) is 2.57. The third-order valence-corrected chi connectivity index (χ3v) is 3.50. The van der Waals surface area contributed by atoms with Gasteiger partial charge >= 0.3 is 0 Å². The molecule has 2 heterocycles. The molecular formula is C14H18N2OS. The Balaban J connectivity index is 1.79. The van der Waals surface area contributed by atoms with Gasteiger partial charge in [0.1, 0.15) is 5.82 Å². The van der Waals surface area contributed by atoms with Crippen LogP contribution in [0, 0.1) is 0 Å². The number of hydrogen-bond acceptors (Lipinski definition) is 4. The Labute approximate surface area is 112 Å². The summed E-state index contributed by atoms with van der Waals surface area (Å²) in [4.78, 5) is 5.68. The Morgan fingerprint density at radius 2 is 2.28 bits per heavy atom. The first kappa shape index (κ1) is 13.1. The molecule has 0 saturated heterocycles. The number of nitrogens with zero attached hydrogens (tertiary/aromatic N) is 1. The Hall–Kier alpha value is -1.39. The zero-order valence-electron chi connectivity index (χ0n) is 10.6. The number of thiophene rings is 1. The highest BCUT2D eigenvalue weighted by molar-refractivity contribution is 7.09. The fourth-order valence-electron chi connectivity index (χ4n) is 1.69. The van der Waals surface area contributed by atoms with Crippen LogP contribution in [0.2, 0.25) is 0 Å². The van der Waals surface area contributed by atoms with E-state index in [-0.39, 0.29) is 0 Å². The predicted molar refractivity (Wildman–Crippen MR) is 76.1 cm³/mol. The summed E-state index contributed by atoms with van der Waals surface area (Å²) in [5.41, 5.74) is 1.12. The second-order valence-corrected chi connectivity index (χ2v) is 4.96. The molecule has 0 aliphatic rings. The molecule has 4 heteroatoms. The molecule has 0 spiro atoms. The van der Waals surface area contributed by atoms with E-state index in [2.05, 4.69) is 40.8 Å². The average molecular weight is 262 g/mol. The maximum atomic E-state index is 5.71. The number of pyridine rings is 1. The van der Waals surface area contributed by atoms with E-state index < -0.39 is 0 Å². The summed E-state index contributed by atoms with van der Waals surface area (Å²) in [6.45, 7) is 4.30. The maximum Gasteiger partial charge on any atom is 0.131 e. The van der Waals surface area contributed by atoms with Crippen molar-refractivity contribution in [3.63, 3.8) is 0 Å². The minimum absolute atomic E-state index is 0.613. The van der Waals surface area contributed by atoms with Crippen LogP contribution in [0.3, 0.4) is 0 Å². The van der Waals surface area contributed by atoms with E-state index in [0.717, 1.165) is 31.0 Å². The summed E-state index contributed by atoms with van der Waals surface area (Å²) < 4.78 is 5.71. The van der Waals surface area contributed by atoms with Crippen molar-refractivity contribution < 1.29 is 4.74 Å². The Morgan fingerprint density at radius 3 is 3.06 bits per heavy atom. The molecule has 0 radical (unpaired) electrons. The first-order valence-corrected chi connectivity index (χ1v) is 7.06. The van der Waals surface area contributed by atoms with Gasteiger partial charge in [-0.3, -0.25) is 0 Å². The summed E-state index contributed by atoms with van der Waals surface area (Å²) in [5.74, 6) is 0.927. The molecular weight excluding hydrogens is 244 g/mol. The highest BCUT2D eigenvalue weighted by Gasteiger charge is 2.02. The number of ether oxygens (including phenoxy) is 1. The van der Waals surface area contributed by atoms with Crippen LogP contribution in [0.1, 0.15) is 17.4 Å². The number of rotatable bonds is 7. The lowest BCUT2D eigenvalue weighted by molar-refractivity contribution is 0.124. The zero-order valence-corrected chi connectivity index (χ0v) is 11.4. The summed E-state index contributed by atoms with van der Waals surface area (Å²) in [6.07, 6.45) is 2.78. The predicted octanol–water partition coefficient (Wildman–Crippen LogP) is 3.33. The van der Waals surface area contributed by atoms with Gasteiger partial charge in [-0.25, -0.2) is 4.98 Å². The summed E-state index contributed by atoms with van der Waals surface area (Å²) >= 11 is 1.78. The molecule has 0 saturated carbocycles. The van der Waals surface area contributed by atoms with Crippen LogP contribution in [-0.2, 0) is 17.8 Å². The van der Waals surface area contributed by atoms with E-state index in [1.165, 1.54) is 4.88 Å². The van der Waals surface area contributed by atoms with Crippen LogP contribution in [-0.4, -0.2) is 18.1 Å². The lowest BCUT2D eigenvalue weighted by atomic mass is 10.2. The Bertz CT molecular complexity index is 457. The second-order valence-electron chi connectivity index (χ2n) is 3.92. The summed E-state index contributed by atoms with van der Waals surface area (Å²) in [7, 11) is 0. The topological polar surface area (TPSA) is 34.2 Å². The summed E-state index contributed by atoms with van der Waals surface area (Å²) in [5, 5.41) is 5.34. The van der Waals surface area contributed by atoms with Crippen molar-refractivity contribution in [3.05, 3.63) is 46.3 Å². The molecule has 0 aliphatic carbocycles. The molecule has 0 atom stereocenters. The van der Waals surface area contributed by atoms with E-state index >= 15 is 0 Å². The quantitative estimate of drug-likeness (QED) is 0.777. The highest BCUT2D eigenvalue weighted by Crippen LogP contribution is 2.13. The van der Waals surface area contributed by atoms with Crippen LogP contribution in [0.15, 0.2) is 35.8 Å². The van der Waals surface area contributed by atoms with Gasteiger partial charge in [-0.05, 0) is 24.4 Å². The van der Waals surface area contributed by atoms with Gasteiger partial charge < -0.3 is 10.1 Å². The normalized spacial score (nSPS) is 10.5. The van der Waals surface area contributed by atoms with E-state index in [4.69, 9.17) is 4.74 Å². The van der Waals surface area contributed by atoms with Crippen molar-refractivity contribution in [1.82, 2.24) is 4.98 Å². The SMILES string of the molecule is CCNc1ncccc1COCCc1cccs1. The molecule has 0 amide bonds. The molecule has 2 aromatic rings. The largest absolute Gasteiger partial charge is 0.376 e. The van der Waals surface area contributed by atoms with Crippen molar-refractivity contribution in [3.8, 4) is 0 Å². The Morgan fingerprint density at radius 1 is 1.33 bits per heavy atom. The number of hydrogen-bond donors (Lipinski definition) is 1. The number of aromatic nitrogens is 1. The molecule has 0 aliphatic heterocycles. The Kier molecular flexibility index (Phi) is 5.17. The van der Waals surface area contributed by atoms with Gasteiger partial charge in [0.05, 0.1) is 13.2 Å². The lowest BCUT2D eigenvalue weighted by Gasteiger charge is -2.09. The van der Waals surface area contributed by atoms with Gasteiger partial charge in [-0.1, -0.05) is 12.1 Å². The van der Waals surface area contributed by atoms with Crippen molar-refractivity contribution in [2.24, 2.45) is 0 Å². The monoisotopic (exact) mass is 262 g/mol. The van der Waals surface area contributed by atoms with Crippen molar-refractivity contribution in [1.29, 1.82) is 0 Å². The standard InChI is InChI=1S/C14H18N2OS/c1-2-15-14-12(5-3-8-16-14)11-17-9-7-13-6-4-10-18-13/h3-6,8,10H,2,7,9,11H2,1H3,(H,15,16). The lowest BCUT2D eigenvalue weighted by Crippen LogP contribution is -2.05. The van der Waals surface area contributed by atoms with E-state index in [9.17, 15) is 0 Å². The van der Waals surface area contributed by atoms with E-state index in [1.807, 2.05) is 6.07 Å². The first-order chi connectivity index (χ1) is 8.90. The van der Waals surface area contributed by atoms with E-state index in [1.54, 1.807) is 17.5 Å². The zero-order chi connectivity index (χ0) is 12.6. The van der Waals surface area contributed by atoms with Crippen LogP contribution >= 0.6 is 11.3 Å². The summed E-state index contributed by atoms with van der Waals surface area (Å²) in [6, 6.07) is 8.21. The maximum absolute atomic E-state index is 5.71. The minimum atomic E-state index is 0.613. The van der Waals surface area contributed by atoms with Gasteiger partial charge in [0.25, 0.3) is 0 Å². The minimum Gasteiger partial charge on any atom is -0.376 e. The molecule has 18 heavy (non-hydrogen) atoms. The third kappa shape index (κ3) is 3.82. The molecule has 1 N–H and O–H groups in total. The molecule has 2 aromatic heterocycles. The first-order valence-electron chi connectivity index (χ1n) is 6.18. The smallest absolute Gasteiger partial charge is 0.131 e. The molecule has 0 fully saturated rings. The van der Waals surface area contributed by atoms with Gasteiger partial charge in [-0.15, -0.1) is 11.3 Å². The molecule has 3 nitrogen and oxygen atoms in total. The number of anilines is 1. The molecule has 0 unspecified atom stereocenters. The van der Waals surface area contributed by atoms with Gasteiger partial charge in [0.2, 0.25) is 0 Å². The highest BCUT2D eigenvalue weighted by atomic mass is 32.1. The fourth-order valence-corrected chi connectivity index (χ4v) is 2.38. The number of nitrogens with one attached hydrogen (secondary N) is 1. The van der Waals surface area contributed by atoms with Crippen LogP contribution in [0.5, 0.6) is 0 Å². The van der Waals surface area contributed by atoms with Gasteiger partial charge in [-0.2, -0.15) is 0 Å². The van der Waals surface area contributed by atoms with Crippen LogP contribution in [0.25, 0.3) is 0 Å².